The number of nitrogens with zero attached hydrogens (tertiary/aromatic N) is 1. The maximum Gasteiger partial charge on any atom is 0.323 e. The van der Waals surface area contributed by atoms with Gasteiger partial charge < -0.3 is 10.0 Å². The second-order valence-corrected chi connectivity index (χ2v) is 5.64. The highest BCUT2D eigenvalue weighted by Gasteiger charge is 2.24. The first-order valence-corrected chi connectivity index (χ1v) is 7.41. The predicted molar refractivity (Wildman–Crippen MR) is 80.3 cm³/mol. The van der Waals surface area contributed by atoms with Crippen molar-refractivity contribution in [3.8, 4) is 0 Å². The molecule has 1 unspecified atom stereocenters. The number of hydrogen-bond donors (Lipinski definition) is 1. The molecule has 106 valence electrons. The third-order valence-electron chi connectivity index (χ3n) is 3.40. The number of amides is 1. The molecule has 2 rings (SSSR count). The highest BCUT2D eigenvalue weighted by Crippen LogP contribution is 2.27. The van der Waals surface area contributed by atoms with Crippen LogP contribution >= 0.6 is 11.3 Å². The summed E-state index contributed by atoms with van der Waals surface area (Å²) >= 11 is 1.50. The van der Waals surface area contributed by atoms with Crippen molar-refractivity contribution in [3.05, 3.63) is 35.2 Å². The van der Waals surface area contributed by atoms with Crippen LogP contribution < -0.4 is 0 Å². The van der Waals surface area contributed by atoms with E-state index in [1.807, 2.05) is 43.5 Å². The Bertz CT molecular complexity index is 635. The van der Waals surface area contributed by atoms with E-state index in [0.29, 0.717) is 5.56 Å². The molecule has 20 heavy (non-hydrogen) atoms. The summed E-state index contributed by atoms with van der Waals surface area (Å²) in [5.74, 6) is -1.20. The average molecular weight is 291 g/mol. The lowest BCUT2D eigenvalue weighted by atomic mass is 10.1. The van der Waals surface area contributed by atoms with Gasteiger partial charge in [-0.1, -0.05) is 25.1 Å². The molecular formula is C15H17NO3S. The van der Waals surface area contributed by atoms with Crippen molar-refractivity contribution >= 4 is 33.3 Å². The van der Waals surface area contributed by atoms with Crippen LogP contribution in [0, 0.1) is 0 Å². The van der Waals surface area contributed by atoms with Crippen LogP contribution in [0.2, 0.25) is 0 Å². The van der Waals surface area contributed by atoms with Crippen LogP contribution in [0.3, 0.4) is 0 Å². The zero-order valence-electron chi connectivity index (χ0n) is 11.5. The fourth-order valence-electron chi connectivity index (χ4n) is 2.09. The lowest BCUT2D eigenvalue weighted by molar-refractivity contribution is -0.138. The van der Waals surface area contributed by atoms with E-state index in [1.165, 1.54) is 16.2 Å². The summed E-state index contributed by atoms with van der Waals surface area (Å²) in [6, 6.07) is 7.57. The quantitative estimate of drug-likeness (QED) is 0.920. The van der Waals surface area contributed by atoms with E-state index in [0.717, 1.165) is 16.5 Å². The first-order valence-electron chi connectivity index (χ1n) is 6.53. The Labute approximate surface area is 121 Å². The van der Waals surface area contributed by atoms with Gasteiger partial charge in [0.2, 0.25) is 0 Å². The molecule has 1 N–H and O–H groups in total. The van der Waals surface area contributed by atoms with Gasteiger partial charge in [0, 0.05) is 21.5 Å². The number of benzene rings is 1. The minimum absolute atomic E-state index is 0.0998. The van der Waals surface area contributed by atoms with Gasteiger partial charge in [0.05, 0.1) is 5.56 Å². The lowest BCUT2D eigenvalue weighted by Gasteiger charge is -2.26. The Hall–Kier alpha value is -1.88. The van der Waals surface area contributed by atoms with E-state index < -0.39 is 5.97 Å². The summed E-state index contributed by atoms with van der Waals surface area (Å²) < 4.78 is 1.04. The van der Waals surface area contributed by atoms with Crippen molar-refractivity contribution in [1.82, 2.24) is 4.90 Å². The normalized spacial score (nSPS) is 12.3. The number of fused-ring (bicyclic) bond motifs is 1. The van der Waals surface area contributed by atoms with E-state index in [4.69, 9.17) is 5.11 Å². The number of hydrogen-bond acceptors (Lipinski definition) is 3. The Morgan fingerprint density at radius 1 is 1.35 bits per heavy atom. The Morgan fingerprint density at radius 3 is 2.70 bits per heavy atom. The molecule has 0 bridgehead atoms. The third-order valence-corrected chi connectivity index (χ3v) is 4.36. The van der Waals surface area contributed by atoms with E-state index in [-0.39, 0.29) is 18.5 Å². The van der Waals surface area contributed by atoms with Gasteiger partial charge >= 0.3 is 5.97 Å². The van der Waals surface area contributed by atoms with Gasteiger partial charge in [-0.2, -0.15) is 0 Å². The average Bonchev–Trinajstić information content (AvgIpc) is 2.87. The molecule has 5 heteroatoms. The van der Waals surface area contributed by atoms with Gasteiger partial charge in [-0.3, -0.25) is 9.59 Å². The third kappa shape index (κ3) is 2.82. The van der Waals surface area contributed by atoms with Crippen molar-refractivity contribution in [2.75, 3.05) is 6.54 Å². The molecule has 1 heterocycles. The molecule has 0 radical (unpaired) electrons. The molecule has 1 atom stereocenters. The maximum atomic E-state index is 12.6. The predicted octanol–water partition coefficient (Wildman–Crippen LogP) is 3.23. The van der Waals surface area contributed by atoms with E-state index in [2.05, 4.69) is 0 Å². The molecular weight excluding hydrogens is 274 g/mol. The van der Waals surface area contributed by atoms with E-state index in [9.17, 15) is 9.59 Å². The largest absolute Gasteiger partial charge is 0.480 e. The minimum Gasteiger partial charge on any atom is -0.480 e. The van der Waals surface area contributed by atoms with Crippen LogP contribution in [-0.2, 0) is 4.79 Å². The van der Waals surface area contributed by atoms with Gasteiger partial charge in [0.25, 0.3) is 5.91 Å². The maximum absolute atomic E-state index is 12.6. The van der Waals surface area contributed by atoms with Crippen LogP contribution in [-0.4, -0.2) is 34.5 Å². The Morgan fingerprint density at radius 2 is 2.05 bits per heavy atom. The SMILES string of the molecule is CCC(C)N(CC(=O)O)C(=O)c1csc2ccccc12. The zero-order chi connectivity index (χ0) is 14.7. The molecule has 1 amide bonds. The first kappa shape index (κ1) is 14.5. The number of carbonyl (C=O) groups excluding carboxylic acids is 1. The molecule has 2 aromatic rings. The second kappa shape index (κ2) is 6.05. The summed E-state index contributed by atoms with van der Waals surface area (Å²) in [7, 11) is 0. The molecule has 0 saturated heterocycles. The molecule has 4 nitrogen and oxygen atoms in total. The van der Waals surface area contributed by atoms with Crippen LogP contribution in [0.15, 0.2) is 29.6 Å². The number of carboxylic acid groups (broad SMARTS) is 1. The fourth-order valence-corrected chi connectivity index (χ4v) is 3.03. The van der Waals surface area contributed by atoms with E-state index in [1.54, 1.807) is 0 Å². The van der Waals surface area contributed by atoms with Crippen molar-refractivity contribution in [2.45, 2.75) is 26.3 Å². The highest BCUT2D eigenvalue weighted by molar-refractivity contribution is 7.17. The Kier molecular flexibility index (Phi) is 4.39. The summed E-state index contributed by atoms with van der Waals surface area (Å²) in [5, 5.41) is 11.7. The topological polar surface area (TPSA) is 57.6 Å². The summed E-state index contributed by atoms with van der Waals surface area (Å²) in [5.41, 5.74) is 0.590. The monoisotopic (exact) mass is 291 g/mol. The Balaban J connectivity index is 2.38. The molecule has 1 aromatic heterocycles. The minimum atomic E-state index is -0.988. The number of aliphatic carboxylic acids is 1. The molecule has 0 aliphatic heterocycles. The summed E-state index contributed by atoms with van der Waals surface area (Å²) in [4.78, 5) is 25.0. The van der Waals surface area contributed by atoms with Crippen molar-refractivity contribution < 1.29 is 14.7 Å². The number of carboxylic acids is 1. The molecule has 0 aliphatic rings. The number of rotatable bonds is 5. The smallest absolute Gasteiger partial charge is 0.323 e. The number of thiophene rings is 1. The molecule has 0 aliphatic carbocycles. The second-order valence-electron chi connectivity index (χ2n) is 4.73. The van der Waals surface area contributed by atoms with Gasteiger partial charge in [0.1, 0.15) is 6.54 Å². The zero-order valence-corrected chi connectivity index (χ0v) is 12.3. The number of carbonyl (C=O) groups is 2. The highest BCUT2D eigenvalue weighted by atomic mass is 32.1. The molecule has 1 aromatic carbocycles. The fraction of sp³-hybridized carbons (Fsp3) is 0.333. The van der Waals surface area contributed by atoms with Gasteiger partial charge in [-0.05, 0) is 19.4 Å². The van der Waals surface area contributed by atoms with Crippen molar-refractivity contribution in [3.63, 3.8) is 0 Å². The van der Waals surface area contributed by atoms with Gasteiger partial charge in [0.15, 0.2) is 0 Å². The lowest BCUT2D eigenvalue weighted by Crippen LogP contribution is -2.41. The standard InChI is InChI=1S/C15H17NO3S/c1-3-10(2)16(8-14(17)18)15(19)12-9-20-13-7-5-4-6-11(12)13/h4-7,9-10H,3,8H2,1-2H3,(H,17,18). The van der Waals surface area contributed by atoms with Gasteiger partial charge in [-0.25, -0.2) is 0 Å². The van der Waals surface area contributed by atoms with Crippen LogP contribution in [0.25, 0.3) is 10.1 Å². The molecule has 0 spiro atoms. The summed E-state index contributed by atoms with van der Waals surface area (Å²) in [6.07, 6.45) is 0.723. The van der Waals surface area contributed by atoms with Crippen LogP contribution in [0.1, 0.15) is 30.6 Å². The van der Waals surface area contributed by atoms with Crippen molar-refractivity contribution in [1.29, 1.82) is 0 Å². The van der Waals surface area contributed by atoms with E-state index >= 15 is 0 Å². The molecule has 0 saturated carbocycles. The van der Waals surface area contributed by atoms with Crippen LogP contribution in [0.4, 0.5) is 0 Å². The first-order chi connectivity index (χ1) is 9.54. The molecule has 0 fully saturated rings. The van der Waals surface area contributed by atoms with Crippen LogP contribution in [0.5, 0.6) is 0 Å². The summed E-state index contributed by atoms with van der Waals surface area (Å²) in [6.45, 7) is 3.55. The van der Waals surface area contributed by atoms with Crippen molar-refractivity contribution in [2.24, 2.45) is 0 Å². The van der Waals surface area contributed by atoms with Gasteiger partial charge in [-0.15, -0.1) is 11.3 Å².